The summed E-state index contributed by atoms with van der Waals surface area (Å²) in [5.74, 6) is 0.730. The fourth-order valence-electron chi connectivity index (χ4n) is 4.19. The number of rotatable bonds is 2. The van der Waals surface area contributed by atoms with Crippen molar-refractivity contribution in [2.45, 2.75) is 41.8 Å². The first-order valence-electron chi connectivity index (χ1n) is 7.80. The topological polar surface area (TPSA) is 46.5 Å². The van der Waals surface area contributed by atoms with Crippen LogP contribution in [-0.2, 0) is 16.4 Å². The van der Waals surface area contributed by atoms with E-state index in [9.17, 15) is 9.32 Å². The van der Waals surface area contributed by atoms with E-state index in [0.29, 0.717) is 12.8 Å². The molecule has 0 aromatic heterocycles. The van der Waals surface area contributed by atoms with Crippen LogP contribution in [0.5, 0.6) is 5.75 Å². The number of methoxy groups -OCH3 is 1. The minimum absolute atomic E-state index is 0.118. The van der Waals surface area contributed by atoms with Gasteiger partial charge in [0.2, 0.25) is 0 Å². The highest BCUT2D eigenvalue weighted by molar-refractivity contribution is 7.86. The fourth-order valence-corrected chi connectivity index (χ4v) is 6.35. The van der Waals surface area contributed by atoms with Crippen LogP contribution in [0.3, 0.4) is 0 Å². The molecule has 2 unspecified atom stereocenters. The third-order valence-corrected chi connectivity index (χ3v) is 7.29. The molecule has 2 saturated heterocycles. The molecule has 4 heteroatoms. The van der Waals surface area contributed by atoms with Crippen molar-refractivity contribution in [3.8, 4) is 5.75 Å². The summed E-state index contributed by atoms with van der Waals surface area (Å²) in [4.78, 5) is 0. The highest BCUT2D eigenvalue weighted by atomic mass is 32.2. The van der Waals surface area contributed by atoms with Gasteiger partial charge in [0, 0.05) is 26.9 Å². The van der Waals surface area contributed by atoms with Crippen LogP contribution in [-0.4, -0.2) is 26.9 Å². The molecule has 116 valence electrons. The largest absolute Gasteiger partial charge is 0.496 e. The van der Waals surface area contributed by atoms with Crippen molar-refractivity contribution in [3.05, 3.63) is 42.0 Å². The molecule has 2 aromatic rings. The van der Waals surface area contributed by atoms with E-state index < -0.39 is 16.4 Å². The molecule has 2 fully saturated rings. The molecule has 2 aliphatic heterocycles. The number of fused-ring (bicyclic) bond motifs is 3. The first kappa shape index (κ1) is 14.2. The van der Waals surface area contributed by atoms with E-state index in [1.165, 1.54) is 0 Å². The SMILES string of the molecule is COc1ccc2ccccc2c1C1(O)CC2CCC(C1)S2=O. The van der Waals surface area contributed by atoms with Crippen LogP contribution in [0.1, 0.15) is 31.2 Å². The lowest BCUT2D eigenvalue weighted by molar-refractivity contribution is 0.0178. The predicted molar refractivity (Wildman–Crippen MR) is 88.6 cm³/mol. The molecule has 0 spiro atoms. The molecule has 1 N–H and O–H groups in total. The maximum Gasteiger partial charge on any atom is 0.125 e. The van der Waals surface area contributed by atoms with E-state index in [4.69, 9.17) is 4.74 Å². The lowest BCUT2D eigenvalue weighted by atomic mass is 9.82. The number of benzene rings is 2. The summed E-state index contributed by atoms with van der Waals surface area (Å²) in [7, 11) is 0.863. The Kier molecular flexibility index (Phi) is 3.27. The predicted octanol–water partition coefficient (Wildman–Crippen LogP) is 3.11. The van der Waals surface area contributed by atoms with Crippen LogP contribution >= 0.6 is 0 Å². The van der Waals surface area contributed by atoms with Crippen molar-refractivity contribution in [3.63, 3.8) is 0 Å². The van der Waals surface area contributed by atoms with Crippen molar-refractivity contribution < 1.29 is 14.1 Å². The minimum Gasteiger partial charge on any atom is -0.496 e. The Morgan fingerprint density at radius 3 is 2.50 bits per heavy atom. The number of hydrogen-bond donors (Lipinski definition) is 1. The van der Waals surface area contributed by atoms with Gasteiger partial charge in [0.15, 0.2) is 0 Å². The Morgan fingerprint density at radius 1 is 1.14 bits per heavy atom. The maximum absolute atomic E-state index is 12.3. The Balaban J connectivity index is 1.91. The van der Waals surface area contributed by atoms with E-state index in [2.05, 4.69) is 6.07 Å². The zero-order chi connectivity index (χ0) is 15.3. The van der Waals surface area contributed by atoms with E-state index >= 15 is 0 Å². The molecule has 2 bridgehead atoms. The first-order valence-corrected chi connectivity index (χ1v) is 9.08. The fraction of sp³-hybridized carbons (Fsp3) is 0.444. The van der Waals surface area contributed by atoms with Crippen LogP contribution in [0, 0.1) is 0 Å². The maximum atomic E-state index is 12.3. The smallest absolute Gasteiger partial charge is 0.125 e. The summed E-state index contributed by atoms with van der Waals surface area (Å²) >= 11 is 0. The van der Waals surface area contributed by atoms with Crippen molar-refractivity contribution in [1.82, 2.24) is 0 Å². The molecular weight excluding hydrogens is 296 g/mol. The van der Waals surface area contributed by atoms with Gasteiger partial charge in [-0.25, -0.2) is 0 Å². The van der Waals surface area contributed by atoms with Crippen molar-refractivity contribution in [1.29, 1.82) is 0 Å². The summed E-state index contributed by atoms with van der Waals surface area (Å²) in [6.45, 7) is 0. The van der Waals surface area contributed by atoms with Gasteiger partial charge in [-0.1, -0.05) is 30.3 Å². The summed E-state index contributed by atoms with van der Waals surface area (Å²) in [5, 5.41) is 13.8. The molecule has 0 radical (unpaired) electrons. The standard InChI is InChI=1S/C18H20O3S/c1-21-16-9-6-12-4-2-3-5-15(12)17(16)18(19)10-13-7-8-14(11-18)22(13)20/h2-6,9,13-14,19H,7-8,10-11H2,1H3. The second-order valence-corrected chi connectivity index (χ2v) is 8.44. The van der Waals surface area contributed by atoms with Gasteiger partial charge in [0.25, 0.3) is 0 Å². The third-order valence-electron chi connectivity index (χ3n) is 5.17. The van der Waals surface area contributed by atoms with E-state index in [0.717, 1.165) is 34.9 Å². The summed E-state index contributed by atoms with van der Waals surface area (Å²) in [6.07, 6.45) is 3.07. The van der Waals surface area contributed by atoms with Crippen molar-refractivity contribution in [2.24, 2.45) is 0 Å². The Labute approximate surface area is 132 Å². The number of aliphatic hydroxyl groups is 1. The summed E-state index contributed by atoms with van der Waals surface area (Å²) in [6, 6.07) is 12.0. The average molecular weight is 316 g/mol. The number of ether oxygens (including phenoxy) is 1. The van der Waals surface area contributed by atoms with Crippen LogP contribution in [0.2, 0.25) is 0 Å². The van der Waals surface area contributed by atoms with Gasteiger partial charge in [-0.3, -0.25) is 4.21 Å². The monoisotopic (exact) mass is 316 g/mol. The normalized spacial score (nSPS) is 34.0. The Bertz CT molecular complexity index is 739. The lowest BCUT2D eigenvalue weighted by Crippen LogP contribution is -2.40. The van der Waals surface area contributed by atoms with Gasteiger partial charge in [-0.15, -0.1) is 0 Å². The first-order chi connectivity index (χ1) is 10.6. The Hall–Kier alpha value is -1.39. The second-order valence-electron chi connectivity index (χ2n) is 6.45. The molecule has 2 atom stereocenters. The van der Waals surface area contributed by atoms with Gasteiger partial charge < -0.3 is 9.84 Å². The van der Waals surface area contributed by atoms with Gasteiger partial charge in [0.1, 0.15) is 5.75 Å². The average Bonchev–Trinajstić information content (AvgIpc) is 2.76. The molecule has 0 saturated carbocycles. The Morgan fingerprint density at radius 2 is 1.82 bits per heavy atom. The molecule has 2 aromatic carbocycles. The van der Waals surface area contributed by atoms with Crippen LogP contribution in [0.4, 0.5) is 0 Å². The third kappa shape index (κ3) is 2.01. The zero-order valence-corrected chi connectivity index (χ0v) is 13.4. The van der Waals surface area contributed by atoms with Crippen LogP contribution < -0.4 is 4.74 Å². The highest BCUT2D eigenvalue weighted by Crippen LogP contribution is 2.49. The van der Waals surface area contributed by atoms with E-state index in [-0.39, 0.29) is 10.5 Å². The van der Waals surface area contributed by atoms with E-state index in [1.54, 1.807) is 7.11 Å². The molecule has 22 heavy (non-hydrogen) atoms. The van der Waals surface area contributed by atoms with Gasteiger partial charge in [-0.2, -0.15) is 0 Å². The lowest BCUT2D eigenvalue weighted by Gasteiger charge is -2.37. The molecule has 4 rings (SSSR count). The van der Waals surface area contributed by atoms with Crippen molar-refractivity contribution >= 4 is 21.6 Å². The van der Waals surface area contributed by atoms with Crippen molar-refractivity contribution in [2.75, 3.05) is 7.11 Å². The number of hydrogen-bond acceptors (Lipinski definition) is 3. The zero-order valence-electron chi connectivity index (χ0n) is 12.6. The minimum atomic E-state index is -0.939. The molecule has 0 aliphatic carbocycles. The molecule has 0 amide bonds. The second kappa shape index (κ2) is 5.07. The van der Waals surface area contributed by atoms with Gasteiger partial charge >= 0.3 is 0 Å². The molecular formula is C18H20O3S. The summed E-state index contributed by atoms with van der Waals surface area (Å²) in [5.41, 5.74) is -0.0620. The highest BCUT2D eigenvalue weighted by Gasteiger charge is 2.49. The molecule has 2 heterocycles. The summed E-state index contributed by atoms with van der Waals surface area (Å²) < 4.78 is 17.8. The van der Waals surface area contributed by atoms with Crippen LogP contribution in [0.25, 0.3) is 10.8 Å². The van der Waals surface area contributed by atoms with E-state index in [1.807, 2.05) is 30.3 Å². The van der Waals surface area contributed by atoms with Gasteiger partial charge in [-0.05, 0) is 42.5 Å². The van der Waals surface area contributed by atoms with Crippen LogP contribution in [0.15, 0.2) is 36.4 Å². The quantitative estimate of drug-likeness (QED) is 0.926. The molecule has 2 aliphatic rings. The molecule has 3 nitrogen and oxygen atoms in total. The van der Waals surface area contributed by atoms with Gasteiger partial charge in [0.05, 0.1) is 12.7 Å².